The zero-order chi connectivity index (χ0) is 24.5. The number of Topliss-reactive ketones (excluding diaryl/α,β-unsaturated/α-hetero) is 1. The molecule has 2 aromatic carbocycles. The van der Waals surface area contributed by atoms with Gasteiger partial charge in [0.2, 0.25) is 5.13 Å². The summed E-state index contributed by atoms with van der Waals surface area (Å²) in [6.07, 6.45) is 0.197. The molecule has 0 unspecified atom stereocenters. The monoisotopic (exact) mass is 559 g/mol. The van der Waals surface area contributed by atoms with Gasteiger partial charge in [0.05, 0.1) is 6.42 Å². The average Bonchev–Trinajstić information content (AvgIpc) is 3.51. The number of hydrogen-bond donors (Lipinski definition) is 2. The van der Waals surface area contributed by atoms with Crippen molar-refractivity contribution in [3.63, 3.8) is 0 Å². The third-order valence-corrected chi connectivity index (χ3v) is 7.82. The normalized spacial score (nSPS) is 11.5. The molecule has 4 aromatic rings. The number of hydrogen-bond acceptors (Lipinski definition) is 10. The highest BCUT2D eigenvalue weighted by molar-refractivity contribution is 7.98. The van der Waals surface area contributed by atoms with E-state index in [0.717, 1.165) is 32.8 Å². The van der Waals surface area contributed by atoms with E-state index in [1.165, 1.54) is 22.7 Å². The van der Waals surface area contributed by atoms with Crippen molar-refractivity contribution in [2.75, 3.05) is 11.1 Å². The molecule has 0 aliphatic rings. The van der Waals surface area contributed by atoms with E-state index in [9.17, 15) is 14.7 Å². The van der Waals surface area contributed by atoms with Crippen LogP contribution >= 0.6 is 47.9 Å². The summed E-state index contributed by atoms with van der Waals surface area (Å²) < 4.78 is 0. The molecule has 0 aliphatic heterocycles. The van der Waals surface area contributed by atoms with Crippen molar-refractivity contribution in [1.29, 1.82) is 0 Å². The third-order valence-electron chi connectivity index (χ3n) is 4.85. The maximum absolute atomic E-state index is 12.3. The van der Waals surface area contributed by atoms with Crippen molar-refractivity contribution in [3.05, 3.63) is 86.8 Å². The van der Waals surface area contributed by atoms with Gasteiger partial charge in [-0.25, -0.2) is 0 Å². The number of aromatic nitrogens is 4. The molecule has 0 spiro atoms. The van der Waals surface area contributed by atoms with Crippen LogP contribution in [-0.4, -0.2) is 42.9 Å². The minimum atomic E-state index is -1.26. The van der Waals surface area contributed by atoms with Crippen molar-refractivity contribution < 1.29 is 14.7 Å². The van der Waals surface area contributed by atoms with Crippen LogP contribution in [0.2, 0.25) is 0 Å². The van der Waals surface area contributed by atoms with E-state index < -0.39 is 12.0 Å². The fourth-order valence-electron chi connectivity index (χ4n) is 3.16. The Morgan fingerprint density at radius 1 is 0.861 bits per heavy atom. The Morgan fingerprint density at radius 3 is 2.28 bits per heavy atom. The minimum absolute atomic E-state index is 0. The summed E-state index contributed by atoms with van der Waals surface area (Å²) in [4.78, 5) is 24.5. The van der Waals surface area contributed by atoms with Crippen molar-refractivity contribution >= 4 is 64.8 Å². The van der Waals surface area contributed by atoms with Crippen LogP contribution in [0.15, 0.2) is 60.7 Å². The van der Waals surface area contributed by atoms with Crippen LogP contribution < -0.4 is 5.32 Å². The lowest BCUT2D eigenvalue weighted by molar-refractivity contribution is -0.124. The number of rotatable bonds is 12. The number of carbonyl (C=O) groups excluding carboxylic acids is 2. The fraction of sp³-hybridized carbons (Fsp3) is 0.250. The van der Waals surface area contributed by atoms with E-state index in [1.54, 1.807) is 36.0 Å². The largest absolute Gasteiger partial charge is 0.378 e. The van der Waals surface area contributed by atoms with Crippen molar-refractivity contribution in [3.8, 4) is 0 Å². The van der Waals surface area contributed by atoms with E-state index in [4.69, 9.17) is 0 Å². The van der Waals surface area contributed by atoms with Gasteiger partial charge in [-0.15, -0.1) is 31.7 Å². The van der Waals surface area contributed by atoms with E-state index in [0.29, 0.717) is 29.3 Å². The van der Waals surface area contributed by atoms with Crippen molar-refractivity contribution in [2.45, 2.75) is 31.1 Å². The molecule has 0 saturated carbocycles. The predicted octanol–water partition coefficient (Wildman–Crippen LogP) is 4.00. The molecule has 0 fully saturated rings. The van der Waals surface area contributed by atoms with E-state index in [2.05, 4.69) is 25.7 Å². The Labute approximate surface area is 228 Å². The first kappa shape index (κ1) is 27.9. The van der Waals surface area contributed by atoms with Crippen molar-refractivity contribution in [2.24, 2.45) is 0 Å². The maximum atomic E-state index is 12.3. The second kappa shape index (κ2) is 14.2. The number of nitrogens with one attached hydrogen (secondary N) is 1. The SMILES string of the molecule is O=C(Cc1ccccc1)Cc1nnc(CCSCc2nnc(NC(=O)[C@@H](O)c3ccccc3)s2)s1.S. The van der Waals surface area contributed by atoms with Gasteiger partial charge in [-0.3, -0.25) is 14.9 Å². The molecule has 188 valence electrons. The summed E-state index contributed by atoms with van der Waals surface area (Å²) in [5.74, 6) is 1.06. The number of aliphatic hydroxyl groups excluding tert-OH is 1. The number of ketones is 1. The standard InChI is InChI=1S/C24H23N5O3S3.H2S/c30-18(13-16-7-3-1-4-8-16)14-20-27-26-19(34-20)11-12-33-15-21-28-29-24(35-21)25-23(32)22(31)17-9-5-2-6-10-17;/h1-10,22,31H,11-15H2,(H,25,29,32);1H2/t22-;/m0./s1. The summed E-state index contributed by atoms with van der Waals surface area (Å²) in [6.45, 7) is 0. The summed E-state index contributed by atoms with van der Waals surface area (Å²) in [5, 5.41) is 32.0. The number of aryl methyl sites for hydroxylation is 1. The highest BCUT2D eigenvalue weighted by Crippen LogP contribution is 2.23. The zero-order valence-corrected chi connectivity index (χ0v) is 22.6. The van der Waals surface area contributed by atoms with Crippen LogP contribution in [0, 0.1) is 0 Å². The highest BCUT2D eigenvalue weighted by Gasteiger charge is 2.19. The molecule has 0 aliphatic carbocycles. The lowest BCUT2D eigenvalue weighted by Crippen LogP contribution is -2.20. The molecule has 1 atom stereocenters. The first-order valence-corrected chi connectivity index (χ1v) is 13.7. The molecule has 4 rings (SSSR count). The molecule has 2 aromatic heterocycles. The molecule has 12 heteroatoms. The van der Waals surface area contributed by atoms with Gasteiger partial charge in [0.25, 0.3) is 5.91 Å². The Kier molecular flexibility index (Phi) is 11.0. The van der Waals surface area contributed by atoms with Gasteiger partial charge in [0.1, 0.15) is 20.8 Å². The second-order valence-electron chi connectivity index (χ2n) is 7.57. The lowest BCUT2D eigenvalue weighted by atomic mass is 10.1. The first-order chi connectivity index (χ1) is 17.1. The molecule has 36 heavy (non-hydrogen) atoms. The quantitative estimate of drug-likeness (QED) is 0.250. The molecule has 2 N–H and O–H groups in total. The molecule has 2 heterocycles. The van der Waals surface area contributed by atoms with Gasteiger partial charge in [0, 0.05) is 24.3 Å². The summed E-state index contributed by atoms with van der Waals surface area (Å²) in [7, 11) is 0. The Morgan fingerprint density at radius 2 is 1.53 bits per heavy atom. The van der Waals surface area contributed by atoms with Crippen molar-refractivity contribution in [1.82, 2.24) is 20.4 Å². The van der Waals surface area contributed by atoms with E-state index in [1.807, 2.05) is 36.4 Å². The first-order valence-electron chi connectivity index (χ1n) is 10.9. The third kappa shape index (κ3) is 8.49. The smallest absolute Gasteiger partial charge is 0.259 e. The van der Waals surface area contributed by atoms with E-state index >= 15 is 0 Å². The molecular formula is C24H25N5O3S4. The summed E-state index contributed by atoms with van der Waals surface area (Å²) in [5.41, 5.74) is 1.52. The highest BCUT2D eigenvalue weighted by atomic mass is 32.2. The average molecular weight is 560 g/mol. The van der Waals surface area contributed by atoms with E-state index in [-0.39, 0.29) is 19.3 Å². The van der Waals surface area contributed by atoms with Crippen LogP contribution in [0.3, 0.4) is 0 Å². The Hall–Kier alpha value is -2.64. The maximum Gasteiger partial charge on any atom is 0.259 e. The van der Waals surface area contributed by atoms with Gasteiger partial charge in [-0.05, 0) is 11.1 Å². The fourth-order valence-corrected chi connectivity index (χ4v) is 5.90. The number of anilines is 1. The molecule has 8 nitrogen and oxygen atoms in total. The second-order valence-corrected chi connectivity index (χ2v) is 10.9. The van der Waals surface area contributed by atoms with Gasteiger partial charge < -0.3 is 5.11 Å². The summed E-state index contributed by atoms with van der Waals surface area (Å²) >= 11 is 4.44. The van der Waals surface area contributed by atoms with Crippen LogP contribution in [0.4, 0.5) is 5.13 Å². The number of nitrogens with zero attached hydrogens (tertiary/aromatic N) is 4. The molecule has 1 amide bonds. The number of aliphatic hydroxyl groups is 1. The molecule has 0 radical (unpaired) electrons. The van der Waals surface area contributed by atoms with Crippen LogP contribution in [0.1, 0.15) is 32.3 Å². The van der Waals surface area contributed by atoms with Crippen LogP contribution in [-0.2, 0) is 34.6 Å². The summed E-state index contributed by atoms with van der Waals surface area (Å²) in [6, 6.07) is 18.4. The lowest BCUT2D eigenvalue weighted by Gasteiger charge is -2.09. The topological polar surface area (TPSA) is 118 Å². The molecule has 0 saturated heterocycles. The van der Waals surface area contributed by atoms with Crippen LogP contribution in [0.5, 0.6) is 0 Å². The Balaban J connectivity index is 0.00000361. The van der Waals surface area contributed by atoms with Crippen LogP contribution in [0.25, 0.3) is 0 Å². The van der Waals surface area contributed by atoms with Gasteiger partial charge in [0.15, 0.2) is 6.10 Å². The Bertz CT molecular complexity index is 1250. The molecule has 0 bridgehead atoms. The zero-order valence-electron chi connectivity index (χ0n) is 19.2. The number of carbonyl (C=O) groups is 2. The minimum Gasteiger partial charge on any atom is -0.378 e. The number of amides is 1. The number of thioether (sulfide) groups is 1. The number of benzene rings is 2. The van der Waals surface area contributed by atoms with Gasteiger partial charge >= 0.3 is 0 Å². The van der Waals surface area contributed by atoms with Gasteiger partial charge in [-0.2, -0.15) is 25.3 Å². The molecular weight excluding hydrogens is 535 g/mol. The predicted molar refractivity (Wildman–Crippen MR) is 149 cm³/mol. The van der Waals surface area contributed by atoms with Gasteiger partial charge in [-0.1, -0.05) is 72.0 Å².